The molecule has 1 aliphatic carbocycles. The van der Waals surface area contributed by atoms with Gasteiger partial charge in [-0.1, -0.05) is 42.5 Å². The van der Waals surface area contributed by atoms with Gasteiger partial charge in [0.25, 0.3) is 0 Å². The summed E-state index contributed by atoms with van der Waals surface area (Å²) >= 11 is 0. The molecule has 2 fully saturated rings. The lowest BCUT2D eigenvalue weighted by Gasteiger charge is -2.29. The summed E-state index contributed by atoms with van der Waals surface area (Å²) in [5.41, 5.74) is 4.01. The summed E-state index contributed by atoms with van der Waals surface area (Å²) in [7, 11) is 0. The normalized spacial score (nSPS) is 34.8. The van der Waals surface area contributed by atoms with E-state index in [0.717, 1.165) is 5.75 Å². The summed E-state index contributed by atoms with van der Waals surface area (Å²) in [6, 6.07) is 16.8. The van der Waals surface area contributed by atoms with Crippen molar-refractivity contribution in [1.29, 1.82) is 0 Å². The minimum atomic E-state index is -0.168. The highest BCUT2D eigenvalue weighted by Crippen LogP contribution is 2.53. The highest BCUT2D eigenvalue weighted by molar-refractivity contribution is 5.42. The zero-order valence-electron chi connectivity index (χ0n) is 15.0. The SMILES string of the molecule is CC1(C)Oc2ccccc2[C@@H]2O[C@@H]21.C[C@]12O[C@H]1CCc1ccccc12. The van der Waals surface area contributed by atoms with Crippen LogP contribution in [-0.4, -0.2) is 17.8 Å². The van der Waals surface area contributed by atoms with E-state index in [9.17, 15) is 0 Å². The monoisotopic (exact) mass is 336 g/mol. The van der Waals surface area contributed by atoms with E-state index >= 15 is 0 Å². The van der Waals surface area contributed by atoms with Gasteiger partial charge in [0, 0.05) is 5.56 Å². The molecule has 0 spiro atoms. The number of fused-ring (bicyclic) bond motifs is 6. The topological polar surface area (TPSA) is 34.3 Å². The van der Waals surface area contributed by atoms with Crippen molar-refractivity contribution in [3.8, 4) is 5.75 Å². The standard InChI is InChI=1S/C11H12O2.C11H12O/c1-11(2)10-9(12-10)7-5-3-4-6-8(7)13-11;1-11-9-5-3-2-4-8(9)6-7-10(11)12-11/h3-6,9-10H,1-2H3;2-5,10H,6-7H2,1H3/t9-,10-;10-,11+/m00/s1. The number of para-hydroxylation sites is 1. The second-order valence-corrected chi connectivity index (χ2v) is 8.13. The number of hydrogen-bond acceptors (Lipinski definition) is 3. The third kappa shape index (κ3) is 2.41. The van der Waals surface area contributed by atoms with Gasteiger partial charge in [0.05, 0.1) is 6.10 Å². The van der Waals surface area contributed by atoms with Gasteiger partial charge in [-0.25, -0.2) is 0 Å². The van der Waals surface area contributed by atoms with Crippen LogP contribution in [0, 0.1) is 0 Å². The van der Waals surface area contributed by atoms with Crippen LogP contribution in [0.15, 0.2) is 48.5 Å². The van der Waals surface area contributed by atoms with E-state index in [4.69, 9.17) is 14.2 Å². The van der Waals surface area contributed by atoms with Crippen molar-refractivity contribution >= 4 is 0 Å². The molecule has 2 aromatic carbocycles. The summed E-state index contributed by atoms with van der Waals surface area (Å²) in [5.74, 6) is 0.978. The van der Waals surface area contributed by atoms with Crippen LogP contribution in [0.1, 0.15) is 50.0 Å². The van der Waals surface area contributed by atoms with Crippen LogP contribution >= 0.6 is 0 Å². The Morgan fingerprint density at radius 3 is 2.60 bits per heavy atom. The summed E-state index contributed by atoms with van der Waals surface area (Å²) in [6.45, 7) is 6.36. The maximum atomic E-state index is 5.85. The van der Waals surface area contributed by atoms with Crippen molar-refractivity contribution in [3.05, 3.63) is 65.2 Å². The lowest BCUT2D eigenvalue weighted by molar-refractivity contribution is 0.0725. The Morgan fingerprint density at radius 1 is 0.960 bits per heavy atom. The number of rotatable bonds is 0. The van der Waals surface area contributed by atoms with Crippen molar-refractivity contribution in [3.63, 3.8) is 0 Å². The molecule has 25 heavy (non-hydrogen) atoms. The van der Waals surface area contributed by atoms with Crippen LogP contribution in [0.4, 0.5) is 0 Å². The Balaban J connectivity index is 0.000000112. The first-order chi connectivity index (χ1) is 12.0. The molecule has 0 radical (unpaired) electrons. The molecule has 3 aliphatic heterocycles. The Morgan fingerprint density at radius 2 is 1.72 bits per heavy atom. The highest BCUT2D eigenvalue weighted by Gasteiger charge is 2.57. The smallest absolute Gasteiger partial charge is 0.132 e. The summed E-state index contributed by atoms with van der Waals surface area (Å²) < 4.78 is 17.1. The van der Waals surface area contributed by atoms with E-state index in [2.05, 4.69) is 51.1 Å². The summed E-state index contributed by atoms with van der Waals surface area (Å²) in [6.07, 6.45) is 3.43. The average Bonchev–Trinajstić information content (AvgIpc) is 3.49. The van der Waals surface area contributed by atoms with E-state index in [0.29, 0.717) is 6.10 Å². The first kappa shape index (κ1) is 15.4. The molecule has 0 amide bonds. The average molecular weight is 336 g/mol. The Hall–Kier alpha value is -1.84. The fraction of sp³-hybridized carbons (Fsp3) is 0.455. The third-order valence-electron chi connectivity index (χ3n) is 5.95. The summed E-state index contributed by atoms with van der Waals surface area (Å²) in [5, 5.41) is 0. The molecular formula is C22H24O3. The minimum absolute atomic E-state index is 0.0782. The van der Waals surface area contributed by atoms with Gasteiger partial charge in [-0.2, -0.15) is 0 Å². The fourth-order valence-corrected chi connectivity index (χ4v) is 4.37. The van der Waals surface area contributed by atoms with E-state index in [1.54, 1.807) is 0 Å². The molecule has 0 saturated carbocycles. The van der Waals surface area contributed by atoms with E-state index < -0.39 is 0 Å². The number of epoxide rings is 2. The molecular weight excluding hydrogens is 312 g/mol. The molecule has 0 N–H and O–H groups in total. The zero-order valence-corrected chi connectivity index (χ0v) is 15.0. The molecule has 3 nitrogen and oxygen atoms in total. The summed E-state index contributed by atoms with van der Waals surface area (Å²) in [4.78, 5) is 0. The van der Waals surface area contributed by atoms with Crippen molar-refractivity contribution in [2.45, 2.75) is 63.1 Å². The van der Waals surface area contributed by atoms with Crippen LogP contribution in [0.2, 0.25) is 0 Å². The number of benzene rings is 2. The molecule has 3 heterocycles. The van der Waals surface area contributed by atoms with Crippen molar-refractivity contribution in [2.75, 3.05) is 0 Å². The third-order valence-corrected chi connectivity index (χ3v) is 5.95. The molecule has 0 bridgehead atoms. The van der Waals surface area contributed by atoms with Crippen molar-refractivity contribution < 1.29 is 14.2 Å². The zero-order chi connectivity index (χ0) is 17.2. The van der Waals surface area contributed by atoms with E-state index in [1.165, 1.54) is 29.5 Å². The van der Waals surface area contributed by atoms with Gasteiger partial charge in [0.2, 0.25) is 0 Å². The van der Waals surface area contributed by atoms with Crippen molar-refractivity contribution in [1.82, 2.24) is 0 Å². The number of ether oxygens (including phenoxy) is 3. The highest BCUT2D eigenvalue weighted by atomic mass is 16.6. The Labute approximate surface area is 148 Å². The van der Waals surface area contributed by atoms with Gasteiger partial charge in [-0.3, -0.25) is 0 Å². The van der Waals surface area contributed by atoms with Gasteiger partial charge < -0.3 is 14.2 Å². The molecule has 3 heteroatoms. The molecule has 4 aliphatic rings. The molecule has 4 atom stereocenters. The van der Waals surface area contributed by atoms with Crippen LogP contribution in [0.25, 0.3) is 0 Å². The molecule has 130 valence electrons. The molecule has 0 aromatic heterocycles. The maximum absolute atomic E-state index is 5.85. The second-order valence-electron chi connectivity index (χ2n) is 8.13. The number of hydrogen-bond donors (Lipinski definition) is 0. The number of aryl methyl sites for hydroxylation is 1. The van der Waals surface area contributed by atoms with E-state index in [-0.39, 0.29) is 23.4 Å². The van der Waals surface area contributed by atoms with Crippen LogP contribution < -0.4 is 4.74 Å². The Bertz CT molecular complexity index is 826. The lowest BCUT2D eigenvalue weighted by Crippen LogP contribution is -2.37. The Kier molecular flexibility index (Phi) is 3.14. The van der Waals surface area contributed by atoms with Gasteiger partial charge >= 0.3 is 0 Å². The fourth-order valence-electron chi connectivity index (χ4n) is 4.37. The minimum Gasteiger partial charge on any atom is -0.485 e. The van der Waals surface area contributed by atoms with Gasteiger partial charge in [0.1, 0.15) is 29.2 Å². The molecule has 6 rings (SSSR count). The second kappa shape index (κ2) is 5.09. The first-order valence-corrected chi connectivity index (χ1v) is 9.19. The van der Waals surface area contributed by atoms with Crippen LogP contribution in [-0.2, 0) is 21.5 Å². The van der Waals surface area contributed by atoms with Crippen molar-refractivity contribution in [2.24, 2.45) is 0 Å². The van der Waals surface area contributed by atoms with Crippen LogP contribution in [0.3, 0.4) is 0 Å². The maximum Gasteiger partial charge on any atom is 0.132 e. The molecule has 0 unspecified atom stereocenters. The van der Waals surface area contributed by atoms with Gasteiger partial charge in [-0.15, -0.1) is 0 Å². The van der Waals surface area contributed by atoms with E-state index in [1.807, 2.05) is 18.2 Å². The lowest BCUT2D eigenvalue weighted by atomic mass is 9.84. The quantitative estimate of drug-likeness (QED) is 0.662. The predicted octanol–water partition coefficient (Wildman–Crippen LogP) is 4.54. The van der Waals surface area contributed by atoms with Gasteiger partial charge in [0.15, 0.2) is 0 Å². The first-order valence-electron chi connectivity index (χ1n) is 9.19. The predicted molar refractivity (Wildman–Crippen MR) is 95.8 cm³/mol. The molecule has 2 aromatic rings. The molecule has 2 saturated heterocycles. The van der Waals surface area contributed by atoms with Crippen LogP contribution in [0.5, 0.6) is 5.75 Å². The largest absolute Gasteiger partial charge is 0.485 e. The van der Waals surface area contributed by atoms with Gasteiger partial charge in [-0.05, 0) is 50.8 Å².